The lowest BCUT2D eigenvalue weighted by molar-refractivity contribution is -0.166. The van der Waals surface area contributed by atoms with Gasteiger partial charge in [-0.1, -0.05) is 75.3 Å². The van der Waals surface area contributed by atoms with E-state index in [2.05, 4.69) is 35.6 Å². The molecule has 6 heteroatoms. The van der Waals surface area contributed by atoms with Crippen LogP contribution in [0.5, 0.6) is 0 Å². The minimum absolute atomic E-state index is 0.0729. The van der Waals surface area contributed by atoms with E-state index >= 15 is 0 Å². The number of carbonyl (C=O) groups excluding carboxylic acids is 3. The number of nitrogens with one attached hydrogen (secondary N) is 1. The van der Waals surface area contributed by atoms with Crippen molar-refractivity contribution in [3.63, 3.8) is 0 Å². The molecular weight excluding hydrogens is 490 g/mol. The summed E-state index contributed by atoms with van der Waals surface area (Å²) >= 11 is 0. The monoisotopic (exact) mass is 537 g/mol. The van der Waals surface area contributed by atoms with Crippen LogP contribution in [0.3, 0.4) is 0 Å². The number of aryl methyl sites for hydroxylation is 1. The number of hydrogen-bond acceptors (Lipinski definition) is 6. The number of unbranched alkanes of at least 4 members (excludes halogenated alkanes) is 8. The van der Waals surface area contributed by atoms with Crippen molar-refractivity contribution in [3.05, 3.63) is 65.7 Å². The Kier molecular flexibility index (Phi) is 14.3. The number of Topliss-reactive ketones (excluding diaryl/α,β-unsaturated/α-hetero) is 1. The third-order valence-corrected chi connectivity index (χ3v) is 6.41. The maximum absolute atomic E-state index is 13.0. The van der Waals surface area contributed by atoms with Gasteiger partial charge >= 0.3 is 11.9 Å². The van der Waals surface area contributed by atoms with Gasteiger partial charge in [0.1, 0.15) is 5.60 Å². The zero-order valence-electron chi connectivity index (χ0n) is 24.3. The van der Waals surface area contributed by atoms with Crippen molar-refractivity contribution in [2.45, 2.75) is 97.5 Å². The quantitative estimate of drug-likeness (QED) is 0.0915. The van der Waals surface area contributed by atoms with Crippen LogP contribution >= 0.6 is 0 Å². The van der Waals surface area contributed by atoms with Gasteiger partial charge in [0.05, 0.1) is 6.61 Å². The first kappa shape index (κ1) is 32.1. The Balaban J connectivity index is 1.63. The molecule has 0 aliphatic carbocycles. The normalized spacial score (nSPS) is 12.0. The lowest BCUT2D eigenvalue weighted by Gasteiger charge is -2.22. The van der Waals surface area contributed by atoms with E-state index in [0.717, 1.165) is 18.7 Å². The summed E-state index contributed by atoms with van der Waals surface area (Å²) in [4.78, 5) is 37.9. The molecule has 0 bridgehead atoms. The van der Waals surface area contributed by atoms with Gasteiger partial charge in [0.25, 0.3) is 0 Å². The molecule has 0 saturated heterocycles. The molecule has 0 aliphatic rings. The maximum Gasteiger partial charge on any atom is 0.328 e. The smallest absolute Gasteiger partial charge is 0.328 e. The molecule has 0 heterocycles. The van der Waals surface area contributed by atoms with Gasteiger partial charge in [0.15, 0.2) is 5.78 Å². The number of carbonyl (C=O) groups is 3. The molecule has 0 radical (unpaired) electrons. The van der Waals surface area contributed by atoms with Crippen molar-refractivity contribution in [1.82, 2.24) is 0 Å². The highest BCUT2D eigenvalue weighted by Crippen LogP contribution is 2.19. The summed E-state index contributed by atoms with van der Waals surface area (Å²) < 4.78 is 10.3. The van der Waals surface area contributed by atoms with E-state index < -0.39 is 29.2 Å². The molecule has 6 nitrogen and oxygen atoms in total. The molecule has 39 heavy (non-hydrogen) atoms. The topological polar surface area (TPSA) is 81.7 Å². The molecule has 0 aliphatic heterocycles. The number of anilines is 1. The van der Waals surface area contributed by atoms with Crippen molar-refractivity contribution in [3.8, 4) is 0 Å². The van der Waals surface area contributed by atoms with Gasteiger partial charge in [0, 0.05) is 17.8 Å². The van der Waals surface area contributed by atoms with Crippen LogP contribution in [0.25, 0.3) is 0 Å². The summed E-state index contributed by atoms with van der Waals surface area (Å²) in [6, 6.07) is 17.6. The summed E-state index contributed by atoms with van der Waals surface area (Å²) in [5.74, 6) is -4.03. The lowest BCUT2D eigenvalue weighted by Crippen LogP contribution is -2.38. The van der Waals surface area contributed by atoms with Crippen LogP contribution in [0.4, 0.5) is 5.69 Å². The van der Waals surface area contributed by atoms with Crippen LogP contribution in [0.1, 0.15) is 101 Å². The van der Waals surface area contributed by atoms with E-state index in [1.165, 1.54) is 63.4 Å². The Hall–Kier alpha value is -3.15. The molecule has 2 aromatic rings. The fraction of sp³-hybridized carbons (Fsp3) is 0.545. The first-order valence-corrected chi connectivity index (χ1v) is 14.5. The van der Waals surface area contributed by atoms with Gasteiger partial charge in [0.2, 0.25) is 5.92 Å². The van der Waals surface area contributed by atoms with E-state index in [9.17, 15) is 14.4 Å². The van der Waals surface area contributed by atoms with Gasteiger partial charge in [-0.25, -0.2) is 0 Å². The highest BCUT2D eigenvalue weighted by molar-refractivity contribution is 6.20. The predicted octanol–water partition coefficient (Wildman–Crippen LogP) is 7.56. The highest BCUT2D eigenvalue weighted by atomic mass is 16.6. The fourth-order valence-electron chi connectivity index (χ4n) is 4.38. The lowest BCUT2D eigenvalue weighted by atomic mass is 9.97. The predicted molar refractivity (Wildman–Crippen MR) is 157 cm³/mol. The van der Waals surface area contributed by atoms with Crippen LogP contribution in [0.2, 0.25) is 0 Å². The molecule has 0 spiro atoms. The van der Waals surface area contributed by atoms with E-state index in [0.29, 0.717) is 0 Å². The Morgan fingerprint density at radius 3 is 1.87 bits per heavy atom. The molecule has 1 N–H and O–H groups in total. The number of ketones is 1. The zero-order valence-corrected chi connectivity index (χ0v) is 24.3. The number of rotatable bonds is 18. The first-order valence-electron chi connectivity index (χ1n) is 14.5. The van der Waals surface area contributed by atoms with E-state index in [1.54, 1.807) is 52.0 Å². The van der Waals surface area contributed by atoms with Crippen molar-refractivity contribution in [2.75, 3.05) is 18.5 Å². The average molecular weight is 538 g/mol. The summed E-state index contributed by atoms with van der Waals surface area (Å²) in [5.41, 5.74) is 1.78. The second-order valence-electron chi connectivity index (χ2n) is 11.0. The van der Waals surface area contributed by atoms with Crippen LogP contribution in [0, 0.1) is 5.92 Å². The van der Waals surface area contributed by atoms with E-state index in [1.807, 2.05) is 0 Å². The zero-order chi connectivity index (χ0) is 28.5. The molecule has 0 fully saturated rings. The van der Waals surface area contributed by atoms with Crippen molar-refractivity contribution in [1.29, 1.82) is 0 Å². The van der Waals surface area contributed by atoms with Crippen LogP contribution in [-0.4, -0.2) is 36.5 Å². The van der Waals surface area contributed by atoms with Crippen molar-refractivity contribution >= 4 is 23.4 Å². The maximum atomic E-state index is 13.0. The fourth-order valence-corrected chi connectivity index (χ4v) is 4.38. The minimum atomic E-state index is -1.63. The molecule has 2 aromatic carbocycles. The summed E-state index contributed by atoms with van der Waals surface area (Å²) in [6.07, 6.45) is 12.5. The van der Waals surface area contributed by atoms with Gasteiger partial charge in [-0.05, 0) is 76.8 Å². The summed E-state index contributed by atoms with van der Waals surface area (Å²) in [7, 11) is 0. The van der Waals surface area contributed by atoms with Gasteiger partial charge in [-0.2, -0.15) is 0 Å². The Bertz CT molecular complexity index is 995. The molecule has 0 saturated carbocycles. The molecule has 0 amide bonds. The Morgan fingerprint density at radius 1 is 0.744 bits per heavy atom. The van der Waals surface area contributed by atoms with Gasteiger partial charge in [-0.15, -0.1) is 0 Å². The summed E-state index contributed by atoms with van der Waals surface area (Å²) in [6.45, 7) is 7.62. The molecule has 214 valence electrons. The number of ether oxygens (including phenoxy) is 2. The van der Waals surface area contributed by atoms with Crippen molar-refractivity contribution < 1.29 is 23.9 Å². The van der Waals surface area contributed by atoms with E-state index in [4.69, 9.17) is 9.47 Å². The third-order valence-electron chi connectivity index (χ3n) is 6.41. The number of benzene rings is 2. The minimum Gasteiger partial charge on any atom is -0.465 e. The SMILES string of the molecule is CCOC(=O)C(C(=O)OC(C)(C)C)C(=O)c1ccc(NCCCCCCCCCCCc2ccccc2)cc1. The van der Waals surface area contributed by atoms with Crippen molar-refractivity contribution in [2.24, 2.45) is 5.92 Å². The second kappa shape index (κ2) is 17.4. The third kappa shape index (κ3) is 13.0. The van der Waals surface area contributed by atoms with Gasteiger partial charge < -0.3 is 14.8 Å². The largest absolute Gasteiger partial charge is 0.465 e. The van der Waals surface area contributed by atoms with E-state index in [-0.39, 0.29) is 12.2 Å². The molecule has 1 atom stereocenters. The second-order valence-corrected chi connectivity index (χ2v) is 11.0. The standard InChI is InChI=1S/C33H47NO5/c1-5-38-31(36)29(32(37)39-33(2,3)4)30(35)27-21-23-28(24-22-27)34-25-17-12-10-8-6-7-9-11-14-18-26-19-15-13-16-20-26/h13,15-16,19-24,29,34H,5-12,14,17-18,25H2,1-4H3. The van der Waals surface area contributed by atoms with Crippen LogP contribution < -0.4 is 5.32 Å². The Labute approximate surface area is 234 Å². The first-order chi connectivity index (χ1) is 18.7. The molecule has 1 unspecified atom stereocenters. The Morgan fingerprint density at radius 2 is 1.31 bits per heavy atom. The average Bonchev–Trinajstić information content (AvgIpc) is 2.89. The highest BCUT2D eigenvalue weighted by Gasteiger charge is 2.39. The number of hydrogen-bond donors (Lipinski definition) is 1. The van der Waals surface area contributed by atoms with Crippen LogP contribution in [-0.2, 0) is 25.5 Å². The van der Waals surface area contributed by atoms with Crippen LogP contribution in [0.15, 0.2) is 54.6 Å². The summed E-state index contributed by atoms with van der Waals surface area (Å²) in [5, 5.41) is 3.38. The van der Waals surface area contributed by atoms with Gasteiger partial charge in [-0.3, -0.25) is 14.4 Å². The molecule has 2 rings (SSSR count). The number of esters is 2. The molecule has 0 aromatic heterocycles. The molecular formula is C33H47NO5.